The maximum atomic E-state index is 14.7. The van der Waals surface area contributed by atoms with Crippen LogP contribution in [0.1, 0.15) is 118 Å². The third kappa shape index (κ3) is 3.47. The van der Waals surface area contributed by atoms with Crippen molar-refractivity contribution in [1.29, 1.82) is 0 Å². The highest BCUT2D eigenvalue weighted by Crippen LogP contribution is 2.76. The number of aromatic nitrogens is 1. The van der Waals surface area contributed by atoms with Crippen molar-refractivity contribution in [2.45, 2.75) is 119 Å². The number of carbonyl (C=O) groups excluding carboxylic acids is 3. The molecule has 4 fully saturated rings. The summed E-state index contributed by atoms with van der Waals surface area (Å²) in [5.74, 6) is 1.54. The lowest BCUT2D eigenvalue weighted by Crippen LogP contribution is -2.70. The fourth-order valence-electron chi connectivity index (χ4n) is 11.7. The van der Waals surface area contributed by atoms with Gasteiger partial charge in [-0.25, -0.2) is 0 Å². The van der Waals surface area contributed by atoms with E-state index in [9.17, 15) is 14.4 Å². The van der Waals surface area contributed by atoms with Crippen LogP contribution in [0.2, 0.25) is 0 Å². The van der Waals surface area contributed by atoms with Crippen molar-refractivity contribution in [2.75, 3.05) is 0 Å². The van der Waals surface area contributed by atoms with Gasteiger partial charge in [0.05, 0.1) is 11.6 Å². The molecule has 0 unspecified atom stereocenters. The summed E-state index contributed by atoms with van der Waals surface area (Å²) in [5, 5.41) is 4.21. The van der Waals surface area contributed by atoms with Gasteiger partial charge in [-0.2, -0.15) is 0 Å². The average molecular weight is 552 g/mol. The van der Waals surface area contributed by atoms with Gasteiger partial charge in [0.25, 0.3) is 0 Å². The molecule has 4 saturated carbocycles. The van der Waals surface area contributed by atoms with Crippen LogP contribution < -0.4 is 10.9 Å². The summed E-state index contributed by atoms with van der Waals surface area (Å²) < 4.78 is 5.82. The first kappa shape index (κ1) is 28.0. The van der Waals surface area contributed by atoms with Crippen molar-refractivity contribution in [3.05, 3.63) is 17.5 Å². The molecular formula is C33H49N3O4. The molecule has 0 aromatic carbocycles. The number of Topliss-reactive ketones (excluding diaryl/α,β-unsaturated/α-hetero) is 1. The van der Waals surface area contributed by atoms with Crippen LogP contribution in [0.5, 0.6) is 0 Å². The number of ketones is 1. The van der Waals surface area contributed by atoms with Crippen LogP contribution in [0.25, 0.3) is 0 Å². The Morgan fingerprint density at radius 2 is 1.62 bits per heavy atom. The minimum absolute atomic E-state index is 0.0105. The van der Waals surface area contributed by atoms with E-state index >= 15 is 0 Å². The lowest BCUT2D eigenvalue weighted by Gasteiger charge is -2.72. The monoisotopic (exact) mass is 551 g/mol. The molecule has 0 aliphatic heterocycles. The molecule has 2 N–H and O–H groups in total. The number of rotatable bonds is 1. The number of hydrogen-bond donors (Lipinski definition) is 2. The molecule has 7 nitrogen and oxygen atoms in total. The highest BCUT2D eigenvalue weighted by molar-refractivity contribution is 5.89. The van der Waals surface area contributed by atoms with Crippen LogP contribution in [-0.4, -0.2) is 22.8 Å². The molecular weight excluding hydrogens is 502 g/mol. The van der Waals surface area contributed by atoms with E-state index < -0.39 is 5.41 Å². The number of amides is 2. The summed E-state index contributed by atoms with van der Waals surface area (Å²) in [6, 6.07) is 0. The number of hydrogen-bond acceptors (Lipinski definition) is 5. The number of nitrogens with zero attached hydrogens (tertiary/aromatic N) is 1. The Balaban J connectivity index is 1.42. The molecule has 0 radical (unpaired) electrons. The zero-order valence-electron chi connectivity index (χ0n) is 25.8. The van der Waals surface area contributed by atoms with Gasteiger partial charge in [0.1, 0.15) is 11.5 Å². The van der Waals surface area contributed by atoms with Gasteiger partial charge in [-0.1, -0.05) is 53.6 Å². The Labute approximate surface area is 239 Å². The van der Waals surface area contributed by atoms with Crippen molar-refractivity contribution in [3.8, 4) is 0 Å². The fourth-order valence-corrected chi connectivity index (χ4v) is 11.7. The van der Waals surface area contributed by atoms with Crippen molar-refractivity contribution in [2.24, 2.45) is 50.7 Å². The SMILES string of the molecule is CC(=O)NNC(=O)[C@]12CCC(C)(C)C[C@H]1[C@H]1C(=O)C[C@@H]3[C@@]4(C)Cc5cnoc5C(C)(C)[C@@H]4CC[C@@]3(C)[C@]1(C)CC2. The molecule has 0 spiro atoms. The van der Waals surface area contributed by atoms with Crippen LogP contribution in [0.15, 0.2) is 10.7 Å². The van der Waals surface area contributed by atoms with Crippen LogP contribution in [0, 0.1) is 50.7 Å². The van der Waals surface area contributed by atoms with E-state index in [-0.39, 0.29) is 56.6 Å². The third-order valence-corrected chi connectivity index (χ3v) is 13.8. The summed E-state index contributed by atoms with van der Waals surface area (Å²) in [4.78, 5) is 40.2. The Morgan fingerprint density at radius 1 is 0.925 bits per heavy atom. The van der Waals surface area contributed by atoms with Gasteiger partial charge >= 0.3 is 0 Å². The molecule has 7 heteroatoms. The minimum Gasteiger partial charge on any atom is -0.361 e. The van der Waals surface area contributed by atoms with Gasteiger partial charge in [-0.3, -0.25) is 25.2 Å². The third-order valence-electron chi connectivity index (χ3n) is 13.8. The molecule has 5 aliphatic rings. The van der Waals surface area contributed by atoms with Crippen molar-refractivity contribution < 1.29 is 18.9 Å². The van der Waals surface area contributed by atoms with Crippen molar-refractivity contribution in [3.63, 3.8) is 0 Å². The zero-order chi connectivity index (χ0) is 29.1. The quantitative estimate of drug-likeness (QED) is 0.422. The molecule has 1 aromatic rings. The van der Waals surface area contributed by atoms with Gasteiger partial charge in [0, 0.05) is 30.2 Å². The highest BCUT2D eigenvalue weighted by Gasteiger charge is 2.73. The van der Waals surface area contributed by atoms with Gasteiger partial charge in [0.2, 0.25) is 11.8 Å². The predicted molar refractivity (Wildman–Crippen MR) is 152 cm³/mol. The van der Waals surface area contributed by atoms with Crippen molar-refractivity contribution in [1.82, 2.24) is 16.0 Å². The van der Waals surface area contributed by atoms with E-state index in [1.807, 2.05) is 6.20 Å². The summed E-state index contributed by atoms with van der Waals surface area (Å²) in [6.45, 7) is 18.0. The van der Waals surface area contributed by atoms with Crippen LogP contribution >= 0.6 is 0 Å². The number of fused-ring (bicyclic) bond motifs is 8. The number of nitrogens with one attached hydrogen (secondary N) is 2. The maximum Gasteiger partial charge on any atom is 0.244 e. The first-order chi connectivity index (χ1) is 18.5. The first-order valence-corrected chi connectivity index (χ1v) is 15.6. The molecule has 5 aliphatic carbocycles. The second-order valence-corrected chi connectivity index (χ2v) is 16.5. The van der Waals surface area contributed by atoms with E-state index in [1.165, 1.54) is 12.5 Å². The molecule has 1 heterocycles. The normalized spacial score (nSPS) is 44.6. The lowest BCUT2D eigenvalue weighted by atomic mass is 9.31. The molecule has 40 heavy (non-hydrogen) atoms. The summed E-state index contributed by atoms with van der Waals surface area (Å²) in [7, 11) is 0. The van der Waals surface area contributed by atoms with Crippen molar-refractivity contribution >= 4 is 17.6 Å². The summed E-state index contributed by atoms with van der Waals surface area (Å²) in [6.07, 6.45) is 9.81. The lowest BCUT2D eigenvalue weighted by molar-refractivity contribution is -0.227. The molecule has 0 saturated heterocycles. The Morgan fingerprint density at radius 3 is 2.33 bits per heavy atom. The highest BCUT2D eigenvalue weighted by atomic mass is 16.5. The fraction of sp³-hybridized carbons (Fsp3) is 0.818. The Hall–Kier alpha value is -2.18. The second kappa shape index (κ2) is 8.44. The van der Waals surface area contributed by atoms with Gasteiger partial charge in [0.15, 0.2) is 0 Å². The maximum absolute atomic E-state index is 14.7. The Kier molecular flexibility index (Phi) is 5.90. The number of carbonyl (C=O) groups is 3. The molecule has 6 rings (SSSR count). The second-order valence-electron chi connectivity index (χ2n) is 16.5. The van der Waals surface area contributed by atoms with Gasteiger partial charge in [-0.15, -0.1) is 0 Å². The van der Waals surface area contributed by atoms with E-state index in [0.717, 1.165) is 57.1 Å². The van der Waals surface area contributed by atoms with Gasteiger partial charge in [-0.05, 0) is 90.8 Å². The summed E-state index contributed by atoms with van der Waals surface area (Å²) in [5.41, 5.74) is 5.61. The molecule has 8 atom stereocenters. The summed E-state index contributed by atoms with van der Waals surface area (Å²) >= 11 is 0. The Bertz CT molecular complexity index is 1270. The van der Waals surface area contributed by atoms with E-state index in [4.69, 9.17) is 4.52 Å². The van der Waals surface area contributed by atoms with Crippen LogP contribution in [0.4, 0.5) is 0 Å². The largest absolute Gasteiger partial charge is 0.361 e. The molecule has 1 aromatic heterocycles. The first-order valence-electron chi connectivity index (χ1n) is 15.6. The standard InChI is InChI=1S/C33H49N3O4/c1-19(37)35-36-27(39)33-13-11-28(2,3)17-21(33)25-22(38)15-24-30(6)16-20-18-34-40-26(20)29(4,5)23(30)9-10-31(24,7)32(25,8)12-14-33/h18,21,23-25H,9-17H2,1-8H3,(H,35,37)(H,36,39)/t21-,23-,24+,25-,30-,31+,32+,33-/m0/s1. The van der Waals surface area contributed by atoms with E-state index in [1.54, 1.807) is 0 Å². The van der Waals surface area contributed by atoms with Gasteiger partial charge < -0.3 is 4.52 Å². The predicted octanol–water partition coefficient (Wildman–Crippen LogP) is 5.92. The van der Waals surface area contributed by atoms with Crippen LogP contribution in [0.3, 0.4) is 0 Å². The van der Waals surface area contributed by atoms with E-state index in [2.05, 4.69) is 64.5 Å². The topological polar surface area (TPSA) is 101 Å². The average Bonchev–Trinajstić information content (AvgIpc) is 3.32. The number of hydrazine groups is 1. The molecule has 0 bridgehead atoms. The minimum atomic E-state index is -0.619. The van der Waals surface area contributed by atoms with E-state index in [0.29, 0.717) is 18.1 Å². The molecule has 220 valence electrons. The molecule has 2 amide bonds. The van der Waals surface area contributed by atoms with Crippen LogP contribution in [-0.2, 0) is 26.2 Å². The zero-order valence-corrected chi connectivity index (χ0v) is 25.8. The smallest absolute Gasteiger partial charge is 0.244 e.